The van der Waals surface area contributed by atoms with Crippen molar-refractivity contribution in [1.82, 2.24) is 14.9 Å². The quantitative estimate of drug-likeness (QED) is 0.525. The monoisotopic (exact) mass is 361 g/mol. The van der Waals surface area contributed by atoms with Crippen LogP contribution in [-0.2, 0) is 17.8 Å². The molecule has 4 rings (SSSR count). The number of hydrogen-bond acceptors (Lipinski definition) is 2. The minimum Gasteiger partial charge on any atom is -0.496 e. The van der Waals surface area contributed by atoms with E-state index in [1.807, 2.05) is 48.8 Å². The first-order valence-corrected chi connectivity index (χ1v) is 9.20. The highest BCUT2D eigenvalue weighted by molar-refractivity contribution is 5.86. The minimum absolute atomic E-state index is 0.0691. The van der Waals surface area contributed by atoms with E-state index < -0.39 is 0 Å². The number of para-hydroxylation sites is 1. The minimum atomic E-state index is 0.0691. The van der Waals surface area contributed by atoms with Crippen molar-refractivity contribution in [2.45, 2.75) is 19.4 Å². The lowest BCUT2D eigenvalue weighted by Gasteiger charge is -2.08. The SMILES string of the molecule is COc1cccc2c1ccn2CCC(=O)NCCc1c[nH]c2ccccc12. The number of methoxy groups -OCH3 is 1. The number of benzene rings is 2. The second-order valence-electron chi connectivity index (χ2n) is 6.61. The highest BCUT2D eigenvalue weighted by Gasteiger charge is 2.08. The number of carbonyl (C=O) groups is 1. The van der Waals surface area contributed by atoms with Crippen LogP contribution in [0.2, 0.25) is 0 Å². The Morgan fingerprint density at radius 3 is 2.89 bits per heavy atom. The third kappa shape index (κ3) is 3.53. The lowest BCUT2D eigenvalue weighted by molar-refractivity contribution is -0.121. The number of fused-ring (bicyclic) bond motifs is 2. The van der Waals surface area contributed by atoms with E-state index in [-0.39, 0.29) is 5.91 Å². The van der Waals surface area contributed by atoms with E-state index in [4.69, 9.17) is 4.74 Å². The number of aryl methyl sites for hydroxylation is 1. The van der Waals surface area contributed by atoms with E-state index in [0.717, 1.165) is 28.6 Å². The zero-order chi connectivity index (χ0) is 18.6. The Hall–Kier alpha value is -3.21. The van der Waals surface area contributed by atoms with Gasteiger partial charge in [-0.3, -0.25) is 4.79 Å². The molecule has 4 aromatic rings. The number of H-pyrrole nitrogens is 1. The van der Waals surface area contributed by atoms with Crippen molar-refractivity contribution in [2.24, 2.45) is 0 Å². The van der Waals surface area contributed by atoms with Crippen LogP contribution in [0.5, 0.6) is 5.75 Å². The molecule has 0 radical (unpaired) electrons. The molecular weight excluding hydrogens is 338 g/mol. The number of nitrogens with zero attached hydrogens (tertiary/aromatic N) is 1. The van der Waals surface area contributed by atoms with Gasteiger partial charge in [0.25, 0.3) is 0 Å². The number of aromatic amines is 1. The second kappa shape index (κ2) is 7.58. The summed E-state index contributed by atoms with van der Waals surface area (Å²) in [5.74, 6) is 0.925. The van der Waals surface area contributed by atoms with Gasteiger partial charge in [-0.15, -0.1) is 0 Å². The van der Waals surface area contributed by atoms with Crippen molar-refractivity contribution in [3.8, 4) is 5.75 Å². The van der Waals surface area contributed by atoms with Crippen molar-refractivity contribution in [2.75, 3.05) is 13.7 Å². The largest absolute Gasteiger partial charge is 0.496 e. The summed E-state index contributed by atoms with van der Waals surface area (Å²) in [4.78, 5) is 15.5. The Morgan fingerprint density at radius 1 is 1.11 bits per heavy atom. The maximum Gasteiger partial charge on any atom is 0.221 e. The standard InChI is InChI=1S/C22H23N3O2/c1-27-21-8-4-7-20-18(21)10-13-25(20)14-11-22(26)23-12-9-16-15-24-19-6-3-2-5-17(16)19/h2-8,10,13,15,24H,9,11-12,14H2,1H3,(H,23,26). The summed E-state index contributed by atoms with van der Waals surface area (Å²) in [6.45, 7) is 1.29. The van der Waals surface area contributed by atoms with Gasteiger partial charge in [0.15, 0.2) is 0 Å². The molecule has 0 bridgehead atoms. The van der Waals surface area contributed by atoms with Gasteiger partial charge in [0.2, 0.25) is 5.91 Å². The first kappa shape index (κ1) is 17.2. The number of aromatic nitrogens is 2. The van der Waals surface area contributed by atoms with Gasteiger partial charge in [-0.1, -0.05) is 24.3 Å². The molecule has 0 saturated carbocycles. The normalized spacial score (nSPS) is 11.1. The molecule has 27 heavy (non-hydrogen) atoms. The number of ether oxygens (including phenoxy) is 1. The van der Waals surface area contributed by atoms with Crippen molar-refractivity contribution in [1.29, 1.82) is 0 Å². The summed E-state index contributed by atoms with van der Waals surface area (Å²) < 4.78 is 7.48. The highest BCUT2D eigenvalue weighted by Crippen LogP contribution is 2.26. The first-order valence-electron chi connectivity index (χ1n) is 9.20. The van der Waals surface area contributed by atoms with Crippen LogP contribution in [-0.4, -0.2) is 29.1 Å². The van der Waals surface area contributed by atoms with E-state index in [9.17, 15) is 4.79 Å². The van der Waals surface area contributed by atoms with Crippen LogP contribution in [0.1, 0.15) is 12.0 Å². The second-order valence-corrected chi connectivity index (χ2v) is 6.61. The van der Waals surface area contributed by atoms with E-state index in [0.29, 0.717) is 19.5 Å². The lowest BCUT2D eigenvalue weighted by atomic mass is 10.1. The van der Waals surface area contributed by atoms with Gasteiger partial charge >= 0.3 is 0 Å². The smallest absolute Gasteiger partial charge is 0.221 e. The molecule has 2 N–H and O–H groups in total. The topological polar surface area (TPSA) is 59.0 Å². The van der Waals surface area contributed by atoms with Gasteiger partial charge in [-0.25, -0.2) is 0 Å². The fraction of sp³-hybridized carbons (Fsp3) is 0.227. The molecular formula is C22H23N3O2. The van der Waals surface area contributed by atoms with Crippen LogP contribution in [0.4, 0.5) is 0 Å². The average Bonchev–Trinajstić information content (AvgIpc) is 3.30. The molecule has 2 aromatic heterocycles. The third-order valence-electron chi connectivity index (χ3n) is 4.96. The fourth-order valence-corrected chi connectivity index (χ4v) is 3.55. The molecule has 0 aliphatic carbocycles. The number of nitrogens with one attached hydrogen (secondary N) is 2. The van der Waals surface area contributed by atoms with Crippen molar-refractivity contribution in [3.05, 3.63) is 66.5 Å². The molecule has 1 amide bonds. The molecule has 5 heteroatoms. The predicted molar refractivity (Wildman–Crippen MR) is 108 cm³/mol. The van der Waals surface area contributed by atoms with Crippen LogP contribution in [0.25, 0.3) is 21.8 Å². The third-order valence-corrected chi connectivity index (χ3v) is 4.96. The number of hydrogen-bond donors (Lipinski definition) is 2. The maximum atomic E-state index is 12.2. The van der Waals surface area contributed by atoms with E-state index >= 15 is 0 Å². The Bertz CT molecular complexity index is 1080. The number of rotatable bonds is 7. The molecule has 138 valence electrons. The molecule has 0 aliphatic rings. The summed E-state index contributed by atoms with van der Waals surface area (Å²) in [6.07, 6.45) is 5.30. The van der Waals surface area contributed by atoms with Gasteiger partial charge in [-0.2, -0.15) is 0 Å². The lowest BCUT2D eigenvalue weighted by Crippen LogP contribution is -2.26. The Balaban J connectivity index is 1.31. The van der Waals surface area contributed by atoms with Gasteiger partial charge in [0.1, 0.15) is 5.75 Å². The van der Waals surface area contributed by atoms with Crippen LogP contribution in [0.15, 0.2) is 60.9 Å². The van der Waals surface area contributed by atoms with E-state index in [1.165, 1.54) is 10.9 Å². The first-order chi connectivity index (χ1) is 13.3. The zero-order valence-electron chi connectivity index (χ0n) is 15.4. The Labute approximate surface area is 157 Å². The van der Waals surface area contributed by atoms with Gasteiger partial charge in [0, 0.05) is 48.2 Å². The molecule has 0 aliphatic heterocycles. The molecule has 0 spiro atoms. The van der Waals surface area contributed by atoms with Crippen LogP contribution in [0.3, 0.4) is 0 Å². The van der Waals surface area contributed by atoms with E-state index in [2.05, 4.69) is 27.0 Å². The molecule has 0 atom stereocenters. The molecule has 0 unspecified atom stereocenters. The Morgan fingerprint density at radius 2 is 2.00 bits per heavy atom. The predicted octanol–water partition coefficient (Wildman–Crippen LogP) is 3.88. The summed E-state index contributed by atoms with van der Waals surface area (Å²) in [6, 6.07) is 16.2. The fourth-order valence-electron chi connectivity index (χ4n) is 3.55. The molecule has 5 nitrogen and oxygen atoms in total. The summed E-state index contributed by atoms with van der Waals surface area (Å²) in [5, 5.41) is 5.32. The van der Waals surface area contributed by atoms with Gasteiger partial charge in [-0.05, 0) is 36.2 Å². The summed E-state index contributed by atoms with van der Waals surface area (Å²) in [5.41, 5.74) is 3.45. The van der Waals surface area contributed by atoms with Gasteiger partial charge < -0.3 is 19.6 Å². The van der Waals surface area contributed by atoms with Crippen LogP contribution >= 0.6 is 0 Å². The molecule has 0 fully saturated rings. The number of carbonyl (C=O) groups excluding carboxylic acids is 1. The van der Waals surface area contributed by atoms with Crippen molar-refractivity contribution >= 4 is 27.7 Å². The molecule has 2 heterocycles. The molecule has 2 aromatic carbocycles. The Kier molecular flexibility index (Phi) is 4.83. The molecule has 0 saturated heterocycles. The summed E-state index contributed by atoms with van der Waals surface area (Å²) in [7, 11) is 1.67. The van der Waals surface area contributed by atoms with Crippen LogP contribution < -0.4 is 10.1 Å². The van der Waals surface area contributed by atoms with Gasteiger partial charge in [0.05, 0.1) is 12.6 Å². The van der Waals surface area contributed by atoms with Crippen molar-refractivity contribution < 1.29 is 9.53 Å². The maximum absolute atomic E-state index is 12.2. The average molecular weight is 361 g/mol. The van der Waals surface area contributed by atoms with E-state index in [1.54, 1.807) is 7.11 Å². The number of amides is 1. The van der Waals surface area contributed by atoms with Crippen molar-refractivity contribution in [3.63, 3.8) is 0 Å². The van der Waals surface area contributed by atoms with Crippen LogP contribution in [0, 0.1) is 0 Å². The highest BCUT2D eigenvalue weighted by atomic mass is 16.5. The summed E-state index contributed by atoms with van der Waals surface area (Å²) >= 11 is 0. The zero-order valence-corrected chi connectivity index (χ0v) is 15.4.